The number of carboxylic acid groups (broad SMARTS) is 1. The monoisotopic (exact) mass is 209 g/mol. The van der Waals surface area contributed by atoms with Crippen molar-refractivity contribution in [3.05, 3.63) is 17.7 Å². The number of aromatic carboxylic acids is 1. The molecule has 3 N–H and O–H groups in total. The second kappa shape index (κ2) is 4.44. The number of nitrogens with one attached hydrogen (secondary N) is 2. The van der Waals surface area contributed by atoms with Crippen molar-refractivity contribution in [1.82, 2.24) is 15.3 Å². The molecule has 0 bridgehead atoms. The van der Waals surface area contributed by atoms with E-state index in [1.165, 1.54) is 19.0 Å². The number of carboxylic acids is 1. The molecule has 0 aromatic carbocycles. The molecule has 2 heterocycles. The summed E-state index contributed by atoms with van der Waals surface area (Å²) in [5.74, 6) is -0.197. The van der Waals surface area contributed by atoms with Gasteiger partial charge in [-0.2, -0.15) is 0 Å². The fourth-order valence-corrected chi connectivity index (χ4v) is 1.91. The normalized spacial score (nSPS) is 21.5. The minimum absolute atomic E-state index is 0.167. The molecule has 5 heteroatoms. The molecule has 1 atom stereocenters. The Kier molecular flexibility index (Phi) is 3.01. The molecule has 0 saturated carbocycles. The van der Waals surface area contributed by atoms with Gasteiger partial charge in [0.2, 0.25) is 0 Å². The number of aromatic amines is 1. The second-order valence-electron chi connectivity index (χ2n) is 3.90. The van der Waals surface area contributed by atoms with Gasteiger partial charge in [0.15, 0.2) is 0 Å². The van der Waals surface area contributed by atoms with Crippen LogP contribution in [0.1, 0.15) is 35.6 Å². The third kappa shape index (κ3) is 2.56. The van der Waals surface area contributed by atoms with Gasteiger partial charge in [0, 0.05) is 12.5 Å². The van der Waals surface area contributed by atoms with E-state index in [-0.39, 0.29) is 5.69 Å². The predicted molar refractivity (Wildman–Crippen MR) is 54.9 cm³/mol. The summed E-state index contributed by atoms with van der Waals surface area (Å²) >= 11 is 0. The van der Waals surface area contributed by atoms with Crippen LogP contribution < -0.4 is 5.32 Å². The van der Waals surface area contributed by atoms with Crippen molar-refractivity contribution in [1.29, 1.82) is 0 Å². The molecule has 1 aromatic heterocycles. The van der Waals surface area contributed by atoms with Gasteiger partial charge in [0.25, 0.3) is 0 Å². The van der Waals surface area contributed by atoms with Crippen LogP contribution in [0.3, 0.4) is 0 Å². The van der Waals surface area contributed by atoms with E-state index in [0.717, 1.165) is 25.2 Å². The Morgan fingerprint density at radius 1 is 1.60 bits per heavy atom. The third-order valence-electron chi connectivity index (χ3n) is 2.71. The van der Waals surface area contributed by atoms with Crippen molar-refractivity contribution in [2.45, 2.75) is 31.7 Å². The zero-order chi connectivity index (χ0) is 10.7. The average molecular weight is 209 g/mol. The highest BCUT2D eigenvalue weighted by Crippen LogP contribution is 2.11. The summed E-state index contributed by atoms with van der Waals surface area (Å²) < 4.78 is 0. The maximum absolute atomic E-state index is 10.6. The van der Waals surface area contributed by atoms with Gasteiger partial charge in [0.05, 0.1) is 6.20 Å². The lowest BCUT2D eigenvalue weighted by atomic mass is 10.0. The van der Waals surface area contributed by atoms with Gasteiger partial charge in [-0.3, -0.25) is 0 Å². The Balaban J connectivity index is 1.94. The maximum Gasteiger partial charge on any atom is 0.353 e. The largest absolute Gasteiger partial charge is 0.477 e. The summed E-state index contributed by atoms with van der Waals surface area (Å²) in [5.41, 5.74) is 0.167. The molecule has 1 unspecified atom stereocenters. The first-order chi connectivity index (χ1) is 7.25. The van der Waals surface area contributed by atoms with Gasteiger partial charge >= 0.3 is 5.97 Å². The highest BCUT2D eigenvalue weighted by molar-refractivity contribution is 5.84. The first kappa shape index (κ1) is 10.2. The molecule has 0 spiro atoms. The van der Waals surface area contributed by atoms with E-state index in [4.69, 9.17) is 5.11 Å². The number of carbonyl (C=O) groups is 1. The van der Waals surface area contributed by atoms with E-state index < -0.39 is 5.97 Å². The molecule has 1 aliphatic rings. The summed E-state index contributed by atoms with van der Waals surface area (Å²) in [6.45, 7) is 1.05. The van der Waals surface area contributed by atoms with Crippen molar-refractivity contribution in [2.75, 3.05) is 6.54 Å². The quantitative estimate of drug-likeness (QED) is 0.687. The summed E-state index contributed by atoms with van der Waals surface area (Å²) in [4.78, 5) is 17.5. The lowest BCUT2D eigenvalue weighted by molar-refractivity contribution is 0.0691. The summed E-state index contributed by atoms with van der Waals surface area (Å²) in [5, 5.41) is 12.1. The van der Waals surface area contributed by atoms with Gasteiger partial charge in [-0.25, -0.2) is 9.78 Å². The highest BCUT2D eigenvalue weighted by atomic mass is 16.4. The van der Waals surface area contributed by atoms with E-state index in [1.54, 1.807) is 0 Å². The van der Waals surface area contributed by atoms with E-state index >= 15 is 0 Å². The zero-order valence-corrected chi connectivity index (χ0v) is 8.49. The zero-order valence-electron chi connectivity index (χ0n) is 8.49. The summed E-state index contributed by atoms with van der Waals surface area (Å²) in [6.07, 6.45) is 5.77. The van der Waals surface area contributed by atoms with Crippen molar-refractivity contribution >= 4 is 5.97 Å². The third-order valence-corrected chi connectivity index (χ3v) is 2.71. The number of nitrogens with zero attached hydrogens (tertiary/aromatic N) is 1. The summed E-state index contributed by atoms with van der Waals surface area (Å²) in [7, 11) is 0. The molecule has 1 aromatic rings. The smallest absolute Gasteiger partial charge is 0.353 e. The van der Waals surface area contributed by atoms with Gasteiger partial charge in [-0.15, -0.1) is 0 Å². The molecule has 15 heavy (non-hydrogen) atoms. The molecule has 0 amide bonds. The van der Waals surface area contributed by atoms with Crippen LogP contribution in [-0.4, -0.2) is 33.6 Å². The predicted octanol–water partition coefficient (Wildman–Crippen LogP) is 0.792. The van der Waals surface area contributed by atoms with Crippen LogP contribution in [0.2, 0.25) is 0 Å². The lowest BCUT2D eigenvalue weighted by Crippen LogP contribution is -2.35. The fourth-order valence-electron chi connectivity index (χ4n) is 1.91. The first-order valence-electron chi connectivity index (χ1n) is 5.26. The van der Waals surface area contributed by atoms with Gasteiger partial charge in [-0.05, 0) is 19.4 Å². The Bertz CT molecular complexity index is 342. The maximum atomic E-state index is 10.6. The summed E-state index contributed by atoms with van der Waals surface area (Å²) in [6, 6.07) is 0.437. The number of hydrogen-bond donors (Lipinski definition) is 3. The molecule has 5 nitrogen and oxygen atoms in total. The fraction of sp³-hybridized carbons (Fsp3) is 0.600. The molecule has 0 aliphatic carbocycles. The average Bonchev–Trinajstić information content (AvgIpc) is 2.68. The molecule has 1 fully saturated rings. The molecular formula is C10H15N3O2. The standard InChI is InChI=1S/C10H15N3O2/c14-10(15)8-6-12-9(13-8)5-7-3-1-2-4-11-7/h6-7,11H,1-5H2,(H,12,13)(H,14,15). The number of imidazole rings is 1. The van der Waals surface area contributed by atoms with E-state index in [9.17, 15) is 4.79 Å². The Hall–Kier alpha value is -1.36. The van der Waals surface area contributed by atoms with Crippen molar-refractivity contribution in [3.8, 4) is 0 Å². The molecule has 1 aliphatic heterocycles. The Morgan fingerprint density at radius 2 is 2.47 bits per heavy atom. The van der Waals surface area contributed by atoms with Gasteiger partial charge < -0.3 is 15.4 Å². The molecule has 82 valence electrons. The molecule has 2 rings (SSSR count). The minimum atomic E-state index is -0.953. The molecule has 1 saturated heterocycles. The van der Waals surface area contributed by atoms with Crippen molar-refractivity contribution in [2.24, 2.45) is 0 Å². The number of aromatic nitrogens is 2. The lowest BCUT2D eigenvalue weighted by Gasteiger charge is -2.22. The van der Waals surface area contributed by atoms with E-state index in [2.05, 4.69) is 15.3 Å². The van der Waals surface area contributed by atoms with Gasteiger partial charge in [0.1, 0.15) is 11.5 Å². The number of piperidine rings is 1. The van der Waals surface area contributed by atoms with E-state index in [1.807, 2.05) is 0 Å². The van der Waals surface area contributed by atoms with Crippen LogP contribution in [-0.2, 0) is 6.42 Å². The van der Waals surface area contributed by atoms with Crippen LogP contribution in [0.15, 0.2) is 6.20 Å². The van der Waals surface area contributed by atoms with Crippen LogP contribution in [0, 0.1) is 0 Å². The van der Waals surface area contributed by atoms with Crippen LogP contribution in [0.25, 0.3) is 0 Å². The van der Waals surface area contributed by atoms with E-state index in [0.29, 0.717) is 6.04 Å². The Morgan fingerprint density at radius 3 is 3.07 bits per heavy atom. The van der Waals surface area contributed by atoms with Crippen LogP contribution in [0.5, 0.6) is 0 Å². The first-order valence-corrected chi connectivity index (χ1v) is 5.26. The number of H-pyrrole nitrogens is 1. The van der Waals surface area contributed by atoms with Crippen LogP contribution >= 0.6 is 0 Å². The van der Waals surface area contributed by atoms with Crippen molar-refractivity contribution in [3.63, 3.8) is 0 Å². The van der Waals surface area contributed by atoms with Crippen LogP contribution in [0.4, 0.5) is 0 Å². The highest BCUT2D eigenvalue weighted by Gasteiger charge is 2.15. The topological polar surface area (TPSA) is 78.0 Å². The number of rotatable bonds is 3. The Labute approximate surface area is 87.9 Å². The van der Waals surface area contributed by atoms with Gasteiger partial charge in [-0.1, -0.05) is 6.42 Å². The molecule has 0 radical (unpaired) electrons. The number of hydrogen-bond acceptors (Lipinski definition) is 3. The molecular weight excluding hydrogens is 194 g/mol. The second-order valence-corrected chi connectivity index (χ2v) is 3.90. The SMILES string of the molecule is O=C(O)c1cnc(CC2CCCCN2)[nH]1. The van der Waals surface area contributed by atoms with Crippen molar-refractivity contribution < 1.29 is 9.90 Å². The minimum Gasteiger partial charge on any atom is -0.477 e.